The number of fused-ring (bicyclic) bond motifs is 2. The molecule has 2 heterocycles. The number of halogens is 1. The highest BCUT2D eigenvalue weighted by Gasteiger charge is 2.40. The molecule has 288 valence electrons. The summed E-state index contributed by atoms with van der Waals surface area (Å²) >= 11 is -0.842. The summed E-state index contributed by atoms with van der Waals surface area (Å²) in [6, 6.07) is 15.4. The maximum Gasteiger partial charge on any atom is 0.303 e. The first kappa shape index (κ1) is 40.9. The number of carbonyl (C=O) groups is 1. The van der Waals surface area contributed by atoms with Crippen LogP contribution in [-0.4, -0.2) is 52.0 Å². The maximum absolute atomic E-state index is 12.1. The summed E-state index contributed by atoms with van der Waals surface area (Å²) in [6.07, 6.45) is 11.6. The van der Waals surface area contributed by atoms with Gasteiger partial charge in [-0.05, 0) is 72.0 Å². The van der Waals surface area contributed by atoms with Gasteiger partial charge in [0.05, 0.1) is 21.3 Å². The third kappa shape index (κ3) is 9.00. The minimum atomic E-state index is -4.47. The molecular formula is C38H42IN3O10S2. The molecule has 2 aliphatic rings. The first-order valence-electron chi connectivity index (χ1n) is 17.0. The van der Waals surface area contributed by atoms with E-state index in [0.717, 1.165) is 31.7 Å². The van der Waals surface area contributed by atoms with Gasteiger partial charge in [-0.2, -0.15) is 16.8 Å². The van der Waals surface area contributed by atoms with E-state index in [1.165, 1.54) is 36.4 Å². The SMILES string of the molecule is CC1(C)C(/C=C/C=C/C=C2/N(CCCCCC(=O)O)c3ccc(S(=O)(=O)O)cc3C2(C)C)=IN(Cc2ccc([N+](=O)[O-])cc2)c2ccc(S(=O)(=O)O)cc21. The van der Waals surface area contributed by atoms with E-state index >= 15 is 0 Å². The minimum Gasteiger partial charge on any atom is -0.481 e. The van der Waals surface area contributed by atoms with E-state index in [1.54, 1.807) is 24.3 Å². The first-order valence-corrected chi connectivity index (χ1v) is 22.0. The molecule has 5 rings (SSSR count). The average Bonchev–Trinajstić information content (AvgIpc) is 3.30. The Hall–Kier alpha value is -4.23. The van der Waals surface area contributed by atoms with Crippen molar-refractivity contribution in [3.8, 4) is 0 Å². The average molecular weight is 892 g/mol. The number of hydrogen-bond donors (Lipinski definition) is 3. The molecule has 0 spiro atoms. The van der Waals surface area contributed by atoms with Crippen LogP contribution < -0.4 is 8.01 Å². The van der Waals surface area contributed by atoms with Crippen LogP contribution >= 0.6 is 21.0 Å². The fourth-order valence-electron chi connectivity index (χ4n) is 6.64. The summed E-state index contributed by atoms with van der Waals surface area (Å²) in [7, 11) is -8.90. The molecule has 0 unspecified atom stereocenters. The molecule has 2 aliphatic heterocycles. The molecule has 0 radical (unpaired) electrons. The van der Waals surface area contributed by atoms with E-state index in [-0.39, 0.29) is 21.9 Å². The highest BCUT2D eigenvalue weighted by molar-refractivity contribution is 14.2. The monoisotopic (exact) mass is 891 g/mol. The quantitative estimate of drug-likeness (QED) is 0.0270. The number of non-ortho nitro benzene ring substituents is 1. The summed E-state index contributed by atoms with van der Waals surface area (Å²) in [6.45, 7) is 8.95. The maximum atomic E-state index is 12.1. The van der Waals surface area contributed by atoms with Gasteiger partial charge >= 0.3 is 5.97 Å². The van der Waals surface area contributed by atoms with Crippen LogP contribution in [0.25, 0.3) is 0 Å². The number of carboxylic acids is 1. The molecule has 3 N–H and O–H groups in total. The van der Waals surface area contributed by atoms with E-state index in [1.807, 2.05) is 58.1 Å². The molecule has 0 saturated heterocycles. The van der Waals surface area contributed by atoms with Crippen LogP contribution in [0.5, 0.6) is 0 Å². The predicted molar refractivity (Wildman–Crippen MR) is 217 cm³/mol. The highest BCUT2D eigenvalue weighted by atomic mass is 127. The van der Waals surface area contributed by atoms with Crippen molar-refractivity contribution < 1.29 is 40.8 Å². The van der Waals surface area contributed by atoms with Gasteiger partial charge in [-0.1, -0.05) is 70.6 Å². The van der Waals surface area contributed by atoms with E-state index in [0.29, 0.717) is 37.9 Å². The van der Waals surface area contributed by atoms with Gasteiger partial charge in [-0.25, -0.2) is 0 Å². The molecule has 0 atom stereocenters. The molecule has 0 aliphatic carbocycles. The lowest BCUT2D eigenvalue weighted by atomic mass is 9.80. The van der Waals surface area contributed by atoms with E-state index in [4.69, 9.17) is 5.11 Å². The zero-order valence-electron chi connectivity index (χ0n) is 30.1. The Balaban J connectivity index is 1.47. The number of allylic oxidation sites excluding steroid dienone is 6. The van der Waals surface area contributed by atoms with Gasteiger partial charge in [0.25, 0.3) is 25.9 Å². The second-order valence-corrected chi connectivity index (χ2v) is 19.7. The number of anilines is 2. The first-order chi connectivity index (χ1) is 25.2. The highest BCUT2D eigenvalue weighted by Crippen LogP contribution is 2.49. The lowest BCUT2D eigenvalue weighted by molar-refractivity contribution is -0.384. The van der Waals surface area contributed by atoms with Gasteiger partial charge in [0, 0.05) is 77.5 Å². The zero-order valence-corrected chi connectivity index (χ0v) is 33.9. The van der Waals surface area contributed by atoms with Crippen LogP contribution in [0, 0.1) is 10.1 Å². The normalized spacial score (nSPS) is 17.4. The summed E-state index contributed by atoms with van der Waals surface area (Å²) in [5.74, 6) is -0.847. The number of nitro groups is 1. The summed E-state index contributed by atoms with van der Waals surface area (Å²) < 4.78 is 71.1. The Labute approximate surface area is 325 Å². The molecule has 3 aromatic rings. The number of unbranched alkanes of at least 4 members (excludes halogenated alkanes) is 2. The van der Waals surface area contributed by atoms with Crippen molar-refractivity contribution in [1.29, 1.82) is 0 Å². The van der Waals surface area contributed by atoms with Gasteiger partial charge < -0.3 is 13.1 Å². The third-order valence-electron chi connectivity index (χ3n) is 9.61. The lowest BCUT2D eigenvalue weighted by Gasteiger charge is -2.38. The van der Waals surface area contributed by atoms with Crippen LogP contribution in [0.4, 0.5) is 17.1 Å². The molecule has 16 heteroatoms. The van der Waals surface area contributed by atoms with Crippen LogP contribution in [0.15, 0.2) is 107 Å². The topological polar surface area (TPSA) is 196 Å². The fraction of sp³-hybridized carbons (Fsp3) is 0.316. The lowest BCUT2D eigenvalue weighted by Crippen LogP contribution is -2.34. The zero-order chi connectivity index (χ0) is 39.6. The molecule has 0 aromatic heterocycles. The van der Waals surface area contributed by atoms with Gasteiger partial charge in [-0.15, -0.1) is 0 Å². The van der Waals surface area contributed by atoms with E-state index < -0.39 is 63.0 Å². The largest absolute Gasteiger partial charge is 0.481 e. The van der Waals surface area contributed by atoms with Crippen LogP contribution in [0.2, 0.25) is 0 Å². The van der Waals surface area contributed by atoms with Gasteiger partial charge in [0.2, 0.25) is 0 Å². The smallest absolute Gasteiger partial charge is 0.303 e. The Morgan fingerprint density at radius 3 is 1.98 bits per heavy atom. The number of nitro benzene ring substituents is 1. The van der Waals surface area contributed by atoms with E-state index in [2.05, 4.69) is 8.01 Å². The number of rotatable bonds is 14. The Morgan fingerprint density at radius 2 is 1.41 bits per heavy atom. The van der Waals surface area contributed by atoms with Crippen molar-refractivity contribution in [2.24, 2.45) is 0 Å². The Bertz CT molecular complexity index is 2310. The molecule has 0 saturated carbocycles. The second-order valence-electron chi connectivity index (χ2n) is 14.1. The fourth-order valence-corrected chi connectivity index (χ4v) is 10.8. The van der Waals surface area contributed by atoms with Gasteiger partial charge in [-0.3, -0.25) is 24.0 Å². The second kappa shape index (κ2) is 15.9. The van der Waals surface area contributed by atoms with Crippen molar-refractivity contribution in [2.75, 3.05) is 14.6 Å². The molecule has 3 aromatic carbocycles. The number of hydrogen-bond acceptors (Lipinski definition) is 9. The van der Waals surface area contributed by atoms with Gasteiger partial charge in [0.15, 0.2) is 0 Å². The van der Waals surface area contributed by atoms with Crippen molar-refractivity contribution >= 4 is 67.8 Å². The molecule has 13 nitrogen and oxygen atoms in total. The Morgan fingerprint density at radius 1 is 0.815 bits per heavy atom. The van der Waals surface area contributed by atoms with E-state index in [9.17, 15) is 40.8 Å². The number of nitrogens with zero attached hydrogens (tertiary/aromatic N) is 3. The van der Waals surface area contributed by atoms with Crippen LogP contribution in [0.1, 0.15) is 70.1 Å². The summed E-state index contributed by atoms with van der Waals surface area (Å²) in [4.78, 5) is 23.4. The standard InChI is InChI=1S/C38H42IN3O10S2/c1-37(2)31-24-29(54(50,51)52)19-21-33(31)41(25-26-14-16-27(17-15-26)42(45)46)39-34(37)11-7-5-8-12-35-38(3,4)30-23-28(53(47,48)49)18-20-32(30)40(35)22-10-6-9-13-36(43)44/h5,7-8,11-12,14-21,23-24H,6,9-10,13,22,25H2,1-4H3,(H,43,44)(H,47,48,49)(H,50,51,52)/b8-5+,11-7+,35-12+. The Kier molecular flexibility index (Phi) is 12.0. The number of aliphatic carboxylic acids is 1. The van der Waals surface area contributed by atoms with Crippen molar-refractivity contribution in [1.82, 2.24) is 0 Å². The molecule has 0 amide bonds. The number of benzene rings is 3. The molecule has 54 heavy (non-hydrogen) atoms. The number of carboxylic acid groups (broad SMARTS) is 1. The minimum absolute atomic E-state index is 0.0186. The summed E-state index contributed by atoms with van der Waals surface area (Å²) in [5.41, 5.74) is 3.56. The van der Waals surface area contributed by atoms with Gasteiger partial charge in [0.1, 0.15) is 0 Å². The van der Waals surface area contributed by atoms with Crippen LogP contribution in [-0.2, 0) is 42.4 Å². The molecular weight excluding hydrogens is 849 g/mol. The molecule has 0 fully saturated rings. The third-order valence-corrected chi connectivity index (χ3v) is 15.0. The van der Waals surface area contributed by atoms with Crippen molar-refractivity contribution in [2.45, 2.75) is 80.5 Å². The molecule has 0 bridgehead atoms. The van der Waals surface area contributed by atoms with Crippen molar-refractivity contribution in [3.63, 3.8) is 0 Å². The van der Waals surface area contributed by atoms with Crippen LogP contribution in [0.3, 0.4) is 0 Å². The van der Waals surface area contributed by atoms with Crippen molar-refractivity contribution in [3.05, 3.63) is 124 Å². The predicted octanol–water partition coefficient (Wildman–Crippen LogP) is 7.88. The summed E-state index contributed by atoms with van der Waals surface area (Å²) in [5, 5.41) is 20.2.